The maximum Gasteiger partial charge on any atom is 0.268 e. The van der Waals surface area contributed by atoms with Gasteiger partial charge < -0.3 is 15.6 Å². The van der Waals surface area contributed by atoms with E-state index in [0.29, 0.717) is 32.2 Å². The van der Waals surface area contributed by atoms with Gasteiger partial charge in [0, 0.05) is 32.2 Å². The summed E-state index contributed by atoms with van der Waals surface area (Å²) in [6.07, 6.45) is 0. The van der Waals surface area contributed by atoms with Crippen molar-refractivity contribution in [1.29, 1.82) is 10.5 Å². The molecule has 4 rings (SSSR count). The number of fused-ring (bicyclic) bond motifs is 1. The van der Waals surface area contributed by atoms with Crippen LogP contribution in [0, 0.1) is 22.7 Å². The zero-order valence-corrected chi connectivity index (χ0v) is 19.4. The van der Waals surface area contributed by atoms with Crippen LogP contribution < -0.4 is 21.3 Å². The van der Waals surface area contributed by atoms with Crippen LogP contribution in [0.25, 0.3) is 21.9 Å². The minimum Gasteiger partial charge on any atom is -0.352 e. The molecule has 2 amide bonds. The molecule has 0 aliphatic heterocycles. The number of nitriles is 2. The summed E-state index contributed by atoms with van der Waals surface area (Å²) in [5.74, 6) is -1.31. The zero-order valence-electron chi connectivity index (χ0n) is 17.9. The number of halogens is 2. The predicted octanol–water partition coefficient (Wildman–Crippen LogP) is 4.10. The van der Waals surface area contributed by atoms with Crippen molar-refractivity contribution in [2.45, 2.75) is 0 Å². The molecule has 0 atom stereocenters. The normalized spacial score (nSPS) is 12.2. The Hall–Kier alpha value is -4.56. The van der Waals surface area contributed by atoms with Crippen LogP contribution in [0.2, 0.25) is 10.0 Å². The average molecular weight is 500 g/mol. The first-order chi connectivity index (χ1) is 16.9. The smallest absolute Gasteiger partial charge is 0.268 e. The topological polar surface area (TPSA) is 122 Å². The molecule has 0 spiro atoms. The molecule has 0 aliphatic carbocycles. The fourth-order valence-electron chi connectivity index (χ4n) is 3.47. The van der Waals surface area contributed by atoms with E-state index < -0.39 is 11.8 Å². The highest BCUT2D eigenvalue weighted by Crippen LogP contribution is 2.16. The van der Waals surface area contributed by atoms with Gasteiger partial charge in [-0.2, -0.15) is 10.5 Å². The van der Waals surface area contributed by atoms with E-state index in [1.807, 2.05) is 12.1 Å². The largest absolute Gasteiger partial charge is 0.352 e. The lowest BCUT2D eigenvalue weighted by Gasteiger charge is -2.04. The fraction of sp³-hybridized carbons (Fsp3) is 0. The molecule has 0 saturated carbocycles. The molecule has 1 heterocycles. The summed E-state index contributed by atoms with van der Waals surface area (Å²) in [4.78, 5) is 28.8. The van der Waals surface area contributed by atoms with Gasteiger partial charge in [0.2, 0.25) is 0 Å². The molecule has 0 aliphatic rings. The number of amides is 2. The first-order valence-electron chi connectivity index (χ1n) is 10.2. The van der Waals surface area contributed by atoms with Crippen LogP contribution in [0.15, 0.2) is 72.8 Å². The summed E-state index contributed by atoms with van der Waals surface area (Å²) in [7, 11) is 0. The molecular weight excluding hydrogens is 485 g/mol. The van der Waals surface area contributed by atoms with E-state index in [9.17, 15) is 20.1 Å². The van der Waals surface area contributed by atoms with Crippen LogP contribution in [-0.4, -0.2) is 16.8 Å². The van der Waals surface area contributed by atoms with Gasteiger partial charge in [-0.1, -0.05) is 47.5 Å². The predicted molar refractivity (Wildman–Crippen MR) is 136 cm³/mol. The van der Waals surface area contributed by atoms with E-state index >= 15 is 0 Å². The van der Waals surface area contributed by atoms with Crippen LogP contribution in [0.5, 0.6) is 0 Å². The molecule has 0 bridgehead atoms. The van der Waals surface area contributed by atoms with Gasteiger partial charge >= 0.3 is 0 Å². The van der Waals surface area contributed by atoms with Crippen molar-refractivity contribution in [3.63, 3.8) is 0 Å². The second-order valence-corrected chi connectivity index (χ2v) is 8.19. The van der Waals surface area contributed by atoms with Crippen molar-refractivity contribution in [3.05, 3.63) is 93.5 Å². The Bertz CT molecular complexity index is 1540. The summed E-state index contributed by atoms with van der Waals surface area (Å²) >= 11 is 11.8. The maximum atomic E-state index is 12.9. The van der Waals surface area contributed by atoms with Crippen molar-refractivity contribution in [2.75, 3.05) is 10.6 Å². The van der Waals surface area contributed by atoms with Crippen molar-refractivity contribution >= 4 is 68.3 Å². The monoisotopic (exact) mass is 499 g/mol. The Morgan fingerprint density at radius 1 is 0.657 bits per heavy atom. The minimum absolute atomic E-state index is 0.191. The second-order valence-electron chi connectivity index (χ2n) is 7.32. The van der Waals surface area contributed by atoms with Crippen molar-refractivity contribution in [1.82, 2.24) is 4.98 Å². The summed E-state index contributed by atoms with van der Waals surface area (Å²) in [5.41, 5.74) is 0.486. The molecule has 4 aromatic rings. The number of rotatable bonds is 4. The highest BCUT2D eigenvalue weighted by molar-refractivity contribution is 6.31. The Morgan fingerprint density at radius 3 is 1.37 bits per heavy atom. The quantitative estimate of drug-likeness (QED) is 0.391. The molecule has 9 heteroatoms. The summed E-state index contributed by atoms with van der Waals surface area (Å²) in [6.45, 7) is 0. The van der Waals surface area contributed by atoms with Gasteiger partial charge in [0.05, 0.1) is 10.7 Å². The molecule has 170 valence electrons. The number of carbonyl (C=O) groups excluding carboxylic acids is 2. The minimum atomic E-state index is -0.655. The number of nitrogens with one attached hydrogen (secondary N) is 3. The number of hydrogen-bond donors (Lipinski definition) is 3. The molecule has 1 aromatic heterocycles. The molecule has 0 saturated heterocycles. The number of carbonyl (C=O) groups is 2. The lowest BCUT2D eigenvalue weighted by atomic mass is 10.1. The third-order valence-electron chi connectivity index (χ3n) is 5.10. The summed E-state index contributed by atoms with van der Waals surface area (Å²) < 4.78 is 0. The number of nitrogens with zero attached hydrogens (tertiary/aromatic N) is 2. The van der Waals surface area contributed by atoms with E-state index in [0.717, 1.165) is 0 Å². The van der Waals surface area contributed by atoms with E-state index in [4.69, 9.17) is 23.2 Å². The molecule has 3 N–H and O–H groups in total. The molecule has 35 heavy (non-hydrogen) atoms. The van der Waals surface area contributed by atoms with Crippen LogP contribution in [0.4, 0.5) is 11.4 Å². The van der Waals surface area contributed by atoms with Crippen molar-refractivity contribution in [3.8, 4) is 12.1 Å². The third kappa shape index (κ3) is 5.02. The fourth-order valence-corrected chi connectivity index (χ4v) is 3.72. The van der Waals surface area contributed by atoms with Crippen molar-refractivity contribution < 1.29 is 9.59 Å². The number of anilines is 2. The number of aromatic nitrogens is 1. The summed E-state index contributed by atoms with van der Waals surface area (Å²) in [6, 6.07) is 23.6. The van der Waals surface area contributed by atoms with Gasteiger partial charge in [-0.05, 0) is 48.5 Å². The molecule has 3 aromatic carbocycles. The molecule has 0 fully saturated rings. The number of hydrogen-bond acceptors (Lipinski definition) is 4. The van der Waals surface area contributed by atoms with Crippen LogP contribution in [-0.2, 0) is 9.59 Å². The van der Waals surface area contributed by atoms with Gasteiger partial charge in [-0.15, -0.1) is 0 Å². The van der Waals surface area contributed by atoms with Crippen LogP contribution >= 0.6 is 23.2 Å². The number of aromatic amines is 1. The van der Waals surface area contributed by atoms with Crippen LogP contribution in [0.1, 0.15) is 0 Å². The Kier molecular flexibility index (Phi) is 6.84. The van der Waals surface area contributed by atoms with E-state index in [2.05, 4.69) is 15.6 Å². The summed E-state index contributed by atoms with van der Waals surface area (Å²) in [5, 5.41) is 27.4. The number of H-pyrrole nitrogens is 1. The van der Waals surface area contributed by atoms with Crippen LogP contribution in [0.3, 0.4) is 0 Å². The third-order valence-corrected chi connectivity index (χ3v) is 5.60. The molecule has 0 unspecified atom stereocenters. The maximum absolute atomic E-state index is 12.9. The van der Waals surface area contributed by atoms with E-state index in [1.54, 1.807) is 72.8 Å². The van der Waals surface area contributed by atoms with E-state index in [1.165, 1.54) is 0 Å². The first-order valence-corrected chi connectivity index (χ1v) is 11.0. The highest BCUT2D eigenvalue weighted by atomic mass is 35.5. The Morgan fingerprint density at radius 2 is 1.03 bits per heavy atom. The zero-order chi connectivity index (χ0) is 24.9. The average Bonchev–Trinajstić information content (AvgIpc) is 3.22. The molecule has 7 nitrogen and oxygen atoms in total. The standard InChI is InChI=1S/C26H15Cl2N5O2/c27-15-5-9-17(10-6-15)31-25(34)21(13-29)23-19-3-1-2-4-20(19)24(33-23)22(14-30)26(35)32-18-11-7-16(28)8-12-18/h1-12,33H,(H,31,34)(H,32,35)/b23-21-,24-22+. The van der Waals surface area contributed by atoms with Gasteiger partial charge in [-0.25, -0.2) is 0 Å². The van der Waals surface area contributed by atoms with Gasteiger partial charge in [0.25, 0.3) is 11.8 Å². The lowest BCUT2D eigenvalue weighted by Crippen LogP contribution is -2.25. The second kappa shape index (κ2) is 10.1. The molecule has 0 radical (unpaired) electrons. The van der Waals surface area contributed by atoms with E-state index in [-0.39, 0.29) is 21.8 Å². The van der Waals surface area contributed by atoms with Crippen molar-refractivity contribution in [2.24, 2.45) is 0 Å². The Labute approximate surface area is 209 Å². The highest BCUT2D eigenvalue weighted by Gasteiger charge is 2.18. The van der Waals surface area contributed by atoms with Gasteiger partial charge in [0.1, 0.15) is 23.3 Å². The lowest BCUT2D eigenvalue weighted by molar-refractivity contribution is -0.111. The van der Waals surface area contributed by atoms with Gasteiger partial charge in [-0.3, -0.25) is 9.59 Å². The Balaban J connectivity index is 1.86. The number of benzene rings is 3. The first kappa shape index (κ1) is 23.6. The molecular formula is C26H15Cl2N5O2. The SMILES string of the molecule is N#C/C(C(=O)Nc1ccc(Cl)cc1)=c1/[nH]/c(=C(\C#N)C(=O)Nc2ccc(Cl)cc2)c2ccccc12. The van der Waals surface area contributed by atoms with Gasteiger partial charge in [0.15, 0.2) is 0 Å².